The van der Waals surface area contributed by atoms with E-state index < -0.39 is 61.3 Å². The Morgan fingerprint density at radius 3 is 1.33 bits per heavy atom. The van der Waals surface area contributed by atoms with E-state index in [0.717, 1.165) is 64.2 Å². The summed E-state index contributed by atoms with van der Waals surface area (Å²) in [6.07, 6.45) is 8.50. The predicted octanol–water partition coefficient (Wildman–Crippen LogP) is 2.28. The van der Waals surface area contributed by atoms with Crippen LogP contribution in [-0.4, -0.2) is 71.5 Å². The molecule has 0 spiro atoms. The summed E-state index contributed by atoms with van der Waals surface area (Å²) in [5, 5.41) is 24.3. The van der Waals surface area contributed by atoms with Gasteiger partial charge in [-0.15, -0.1) is 0 Å². The molecule has 4 N–H and O–H groups in total. The van der Waals surface area contributed by atoms with Gasteiger partial charge in [0.15, 0.2) is 12.1 Å². The Hall–Kier alpha value is -2.20. The molecule has 4 atom stereocenters. The highest BCUT2D eigenvalue weighted by Gasteiger charge is 2.31. The van der Waals surface area contributed by atoms with E-state index in [-0.39, 0.29) is 12.8 Å². The SMILES string of the molecule is CCCCCCC[C@H]1CC(=O)N[C@H](CO)C(=O)O[C@@H](CCCCCCC)CC(=O)N[C@@H](CO)C(=O)O1. The van der Waals surface area contributed by atoms with Crippen LogP contribution in [0.4, 0.5) is 0 Å². The molecular weight excluding hydrogens is 468 g/mol. The summed E-state index contributed by atoms with van der Waals surface area (Å²) in [5.74, 6) is -2.76. The second kappa shape index (κ2) is 19.0. The van der Waals surface area contributed by atoms with Gasteiger partial charge in [-0.3, -0.25) is 9.59 Å². The number of esters is 2. The Labute approximate surface area is 214 Å². The quantitative estimate of drug-likeness (QED) is 0.204. The van der Waals surface area contributed by atoms with Crippen molar-refractivity contribution in [3.63, 3.8) is 0 Å². The van der Waals surface area contributed by atoms with E-state index in [2.05, 4.69) is 24.5 Å². The molecule has 0 saturated carbocycles. The lowest BCUT2D eigenvalue weighted by Gasteiger charge is -2.25. The molecule has 0 aromatic carbocycles. The number of hydrogen-bond acceptors (Lipinski definition) is 8. The normalized spacial score (nSPS) is 24.3. The largest absolute Gasteiger partial charge is 0.460 e. The zero-order valence-electron chi connectivity index (χ0n) is 22.0. The minimum atomic E-state index is -1.28. The van der Waals surface area contributed by atoms with Crippen molar-refractivity contribution in [3.05, 3.63) is 0 Å². The van der Waals surface area contributed by atoms with Crippen LogP contribution in [0.1, 0.15) is 104 Å². The number of ether oxygens (including phenoxy) is 2. The van der Waals surface area contributed by atoms with Crippen LogP contribution in [0.15, 0.2) is 0 Å². The minimum absolute atomic E-state index is 0.212. The van der Waals surface area contributed by atoms with Crippen molar-refractivity contribution in [2.75, 3.05) is 13.2 Å². The molecule has 0 bridgehead atoms. The summed E-state index contributed by atoms with van der Waals surface area (Å²) < 4.78 is 11.0. The molecule has 0 unspecified atom stereocenters. The third kappa shape index (κ3) is 13.2. The number of unbranched alkanes of at least 4 members (excludes halogenated alkanes) is 8. The number of aliphatic hydroxyl groups excluding tert-OH is 2. The number of aliphatic hydroxyl groups is 2. The van der Waals surface area contributed by atoms with Gasteiger partial charge in [0.05, 0.1) is 26.1 Å². The molecule has 0 aromatic rings. The monoisotopic (exact) mass is 514 g/mol. The molecule has 0 aliphatic carbocycles. The average Bonchev–Trinajstić information content (AvgIpc) is 2.84. The van der Waals surface area contributed by atoms with E-state index in [9.17, 15) is 29.4 Å². The molecular formula is C26H46N2O8. The highest BCUT2D eigenvalue weighted by molar-refractivity contribution is 5.87. The third-order valence-corrected chi connectivity index (χ3v) is 6.26. The van der Waals surface area contributed by atoms with Crippen molar-refractivity contribution >= 4 is 23.8 Å². The summed E-state index contributed by atoms with van der Waals surface area (Å²) in [6, 6.07) is -2.56. The molecule has 0 aromatic heterocycles. The van der Waals surface area contributed by atoms with Crippen molar-refractivity contribution < 1.29 is 38.9 Å². The lowest BCUT2D eigenvalue weighted by atomic mass is 10.0. The molecule has 2 amide bonds. The van der Waals surface area contributed by atoms with E-state index in [0.29, 0.717) is 12.8 Å². The lowest BCUT2D eigenvalue weighted by Crippen LogP contribution is -2.49. The number of hydrogen-bond donors (Lipinski definition) is 4. The number of amides is 2. The van der Waals surface area contributed by atoms with Crippen LogP contribution in [0.2, 0.25) is 0 Å². The molecule has 1 saturated heterocycles. The van der Waals surface area contributed by atoms with Crippen LogP contribution >= 0.6 is 0 Å². The Balaban J connectivity index is 2.95. The van der Waals surface area contributed by atoms with Gasteiger partial charge in [0, 0.05) is 0 Å². The highest BCUT2D eigenvalue weighted by Crippen LogP contribution is 2.16. The first-order valence-electron chi connectivity index (χ1n) is 13.6. The standard InChI is InChI=1S/C26H46N2O8/c1-3-5-7-9-11-13-19-15-23(31)27-22(18-30)26(34)36-20(14-12-10-8-6-4-2)16-24(32)28-21(17-29)25(33)35-19/h19-22,29-30H,3-18H2,1-2H3,(H,27,31)(H,28,32)/t19-,20-,21-,22+/m0/s1. The molecule has 36 heavy (non-hydrogen) atoms. The van der Waals surface area contributed by atoms with Gasteiger partial charge in [-0.25, -0.2) is 9.59 Å². The van der Waals surface area contributed by atoms with Crippen molar-refractivity contribution in [2.24, 2.45) is 0 Å². The Morgan fingerprint density at radius 2 is 1.00 bits per heavy atom. The fraction of sp³-hybridized carbons (Fsp3) is 0.846. The molecule has 10 nitrogen and oxygen atoms in total. The van der Waals surface area contributed by atoms with Crippen molar-refractivity contribution in [1.29, 1.82) is 0 Å². The second-order valence-electron chi connectivity index (χ2n) is 9.54. The Kier molecular flexibility index (Phi) is 16.8. The number of nitrogens with one attached hydrogen (secondary N) is 2. The van der Waals surface area contributed by atoms with Crippen LogP contribution in [0, 0.1) is 0 Å². The molecule has 1 heterocycles. The minimum Gasteiger partial charge on any atom is -0.460 e. The summed E-state index contributed by atoms with van der Waals surface area (Å²) in [6.45, 7) is 2.89. The van der Waals surface area contributed by atoms with E-state index in [1.54, 1.807) is 0 Å². The fourth-order valence-electron chi connectivity index (χ4n) is 4.13. The summed E-state index contributed by atoms with van der Waals surface area (Å²) in [4.78, 5) is 50.6. The summed E-state index contributed by atoms with van der Waals surface area (Å²) in [7, 11) is 0. The van der Waals surface area contributed by atoms with Crippen LogP contribution in [0.5, 0.6) is 0 Å². The first-order valence-corrected chi connectivity index (χ1v) is 13.6. The summed E-state index contributed by atoms with van der Waals surface area (Å²) >= 11 is 0. The third-order valence-electron chi connectivity index (χ3n) is 6.26. The number of rotatable bonds is 14. The van der Waals surface area contributed by atoms with E-state index in [1.165, 1.54) is 0 Å². The van der Waals surface area contributed by atoms with E-state index in [4.69, 9.17) is 9.47 Å². The second-order valence-corrected chi connectivity index (χ2v) is 9.54. The maximum Gasteiger partial charge on any atom is 0.331 e. The smallest absolute Gasteiger partial charge is 0.331 e. The maximum atomic E-state index is 12.7. The first-order chi connectivity index (χ1) is 17.3. The zero-order valence-corrected chi connectivity index (χ0v) is 22.0. The van der Waals surface area contributed by atoms with Crippen LogP contribution < -0.4 is 10.6 Å². The van der Waals surface area contributed by atoms with E-state index in [1.807, 2.05) is 0 Å². The van der Waals surface area contributed by atoms with Gasteiger partial charge in [-0.1, -0.05) is 65.2 Å². The number of cyclic esters (lactones) is 2. The zero-order chi connectivity index (χ0) is 26.8. The van der Waals surface area contributed by atoms with Crippen molar-refractivity contribution in [2.45, 2.75) is 128 Å². The van der Waals surface area contributed by atoms with Crippen molar-refractivity contribution in [1.82, 2.24) is 10.6 Å². The van der Waals surface area contributed by atoms with Gasteiger partial charge in [0.1, 0.15) is 12.2 Å². The molecule has 1 aliphatic rings. The van der Waals surface area contributed by atoms with Gasteiger partial charge in [-0.2, -0.15) is 0 Å². The van der Waals surface area contributed by atoms with Crippen molar-refractivity contribution in [3.8, 4) is 0 Å². The molecule has 208 valence electrons. The van der Waals surface area contributed by atoms with Crippen LogP contribution in [-0.2, 0) is 28.7 Å². The molecule has 1 aliphatic heterocycles. The van der Waals surface area contributed by atoms with Gasteiger partial charge in [0.2, 0.25) is 11.8 Å². The predicted molar refractivity (Wildman–Crippen MR) is 134 cm³/mol. The number of carbonyl (C=O) groups excluding carboxylic acids is 4. The van der Waals surface area contributed by atoms with E-state index >= 15 is 0 Å². The highest BCUT2D eigenvalue weighted by atomic mass is 16.6. The molecule has 1 fully saturated rings. The first kappa shape index (κ1) is 31.8. The van der Waals surface area contributed by atoms with Gasteiger partial charge < -0.3 is 30.3 Å². The molecule has 10 heteroatoms. The van der Waals surface area contributed by atoms with Crippen LogP contribution in [0.3, 0.4) is 0 Å². The van der Waals surface area contributed by atoms with Gasteiger partial charge >= 0.3 is 11.9 Å². The fourth-order valence-corrected chi connectivity index (χ4v) is 4.13. The Morgan fingerprint density at radius 1 is 0.639 bits per heavy atom. The Bertz CT molecular complexity index is 616. The van der Waals surface area contributed by atoms with Gasteiger partial charge in [0.25, 0.3) is 0 Å². The molecule has 1 rings (SSSR count). The van der Waals surface area contributed by atoms with Crippen LogP contribution in [0.25, 0.3) is 0 Å². The summed E-state index contributed by atoms with van der Waals surface area (Å²) in [5.41, 5.74) is 0. The lowest BCUT2D eigenvalue weighted by molar-refractivity contribution is -0.160. The number of carbonyl (C=O) groups is 4. The maximum absolute atomic E-state index is 12.7. The average molecular weight is 515 g/mol. The van der Waals surface area contributed by atoms with Gasteiger partial charge in [-0.05, 0) is 25.7 Å². The topological polar surface area (TPSA) is 151 Å². The molecule has 0 radical (unpaired) electrons.